The quantitative estimate of drug-likeness (QED) is 0.902. The van der Waals surface area contributed by atoms with Crippen LogP contribution < -0.4 is 5.01 Å². The zero-order valence-corrected chi connectivity index (χ0v) is 15.4. The fraction of sp³-hybridized carbons (Fsp3) is 0.273. The zero-order valence-electron chi connectivity index (χ0n) is 15.4. The highest BCUT2D eigenvalue weighted by molar-refractivity contribution is 5.95. The summed E-state index contributed by atoms with van der Waals surface area (Å²) in [5.41, 5.74) is 5.19. The SMILES string of the molecule is CC1=NN(c2ccc(C(=O)N3CC=C(c4ccc(O)cc4)CC3)cc2)CC1. The molecule has 2 heterocycles. The molecule has 0 fully saturated rings. The van der Waals surface area contributed by atoms with Gasteiger partial charge in [0.1, 0.15) is 5.75 Å². The predicted molar refractivity (Wildman–Crippen MR) is 108 cm³/mol. The summed E-state index contributed by atoms with van der Waals surface area (Å²) in [5.74, 6) is 0.328. The van der Waals surface area contributed by atoms with Gasteiger partial charge in [-0.2, -0.15) is 5.10 Å². The molecule has 0 saturated carbocycles. The Balaban J connectivity index is 1.42. The first kappa shape index (κ1) is 17.3. The molecule has 2 aliphatic rings. The topological polar surface area (TPSA) is 56.1 Å². The normalized spacial score (nSPS) is 16.9. The number of anilines is 1. The first-order valence-electron chi connectivity index (χ1n) is 9.29. The molecule has 0 unspecified atom stereocenters. The first-order valence-corrected chi connectivity index (χ1v) is 9.29. The van der Waals surface area contributed by atoms with Crippen LogP contribution in [0.25, 0.3) is 5.57 Å². The molecule has 1 N–H and O–H groups in total. The third kappa shape index (κ3) is 3.72. The molecule has 0 saturated heterocycles. The lowest BCUT2D eigenvalue weighted by Gasteiger charge is -2.27. The molecule has 5 heteroatoms. The molecule has 27 heavy (non-hydrogen) atoms. The van der Waals surface area contributed by atoms with Crippen LogP contribution in [-0.2, 0) is 0 Å². The van der Waals surface area contributed by atoms with Gasteiger partial charge in [0.15, 0.2) is 0 Å². The third-order valence-corrected chi connectivity index (χ3v) is 5.12. The van der Waals surface area contributed by atoms with Crippen LogP contribution in [0, 0.1) is 0 Å². The number of carbonyl (C=O) groups is 1. The summed E-state index contributed by atoms with van der Waals surface area (Å²) in [4.78, 5) is 14.7. The van der Waals surface area contributed by atoms with Crippen LogP contribution in [0.3, 0.4) is 0 Å². The van der Waals surface area contributed by atoms with Crippen LogP contribution in [0.4, 0.5) is 5.69 Å². The third-order valence-electron chi connectivity index (χ3n) is 5.12. The van der Waals surface area contributed by atoms with Crippen molar-refractivity contribution in [1.82, 2.24) is 4.90 Å². The Bertz CT molecular complexity index is 898. The van der Waals surface area contributed by atoms with Crippen LogP contribution in [-0.4, -0.2) is 41.3 Å². The molecule has 2 aromatic rings. The summed E-state index contributed by atoms with van der Waals surface area (Å²) in [7, 11) is 0. The summed E-state index contributed by atoms with van der Waals surface area (Å²) >= 11 is 0. The molecule has 0 atom stereocenters. The van der Waals surface area contributed by atoms with E-state index in [0.29, 0.717) is 18.7 Å². The maximum atomic E-state index is 12.8. The zero-order chi connectivity index (χ0) is 18.8. The second-order valence-electron chi connectivity index (χ2n) is 7.03. The van der Waals surface area contributed by atoms with Crippen LogP contribution >= 0.6 is 0 Å². The minimum atomic E-state index is 0.0589. The Hall–Kier alpha value is -3.08. The number of aromatic hydroxyl groups is 1. The van der Waals surface area contributed by atoms with E-state index in [1.54, 1.807) is 12.1 Å². The maximum absolute atomic E-state index is 12.8. The van der Waals surface area contributed by atoms with Crippen molar-refractivity contribution < 1.29 is 9.90 Å². The van der Waals surface area contributed by atoms with Gasteiger partial charge in [-0.25, -0.2) is 0 Å². The molecule has 0 aliphatic carbocycles. The van der Waals surface area contributed by atoms with E-state index in [0.717, 1.165) is 36.3 Å². The van der Waals surface area contributed by atoms with Gasteiger partial charge in [0.05, 0.1) is 5.69 Å². The molecular formula is C22H23N3O2. The summed E-state index contributed by atoms with van der Waals surface area (Å²) in [6.45, 7) is 4.24. The van der Waals surface area contributed by atoms with Crippen molar-refractivity contribution >= 4 is 22.9 Å². The summed E-state index contributed by atoms with van der Waals surface area (Å²) in [6.07, 6.45) is 3.91. The molecule has 0 radical (unpaired) electrons. The number of hydrogen-bond acceptors (Lipinski definition) is 4. The molecule has 0 aromatic heterocycles. The molecule has 2 aliphatic heterocycles. The predicted octanol–water partition coefficient (Wildman–Crippen LogP) is 3.91. The minimum Gasteiger partial charge on any atom is -0.508 e. The van der Waals surface area contributed by atoms with Crippen molar-refractivity contribution in [2.75, 3.05) is 24.6 Å². The Morgan fingerprint density at radius 3 is 2.33 bits per heavy atom. The number of nitrogens with zero attached hydrogens (tertiary/aromatic N) is 3. The van der Waals surface area contributed by atoms with Crippen molar-refractivity contribution in [2.45, 2.75) is 19.8 Å². The van der Waals surface area contributed by atoms with Gasteiger partial charge in [-0.1, -0.05) is 18.2 Å². The number of amides is 1. The van der Waals surface area contributed by atoms with Crippen molar-refractivity contribution in [3.05, 3.63) is 65.7 Å². The lowest BCUT2D eigenvalue weighted by atomic mass is 9.99. The number of rotatable bonds is 3. The average molecular weight is 361 g/mol. The van der Waals surface area contributed by atoms with Gasteiger partial charge < -0.3 is 10.0 Å². The molecular weight excluding hydrogens is 338 g/mol. The summed E-state index contributed by atoms with van der Waals surface area (Å²) < 4.78 is 0. The van der Waals surface area contributed by atoms with Crippen molar-refractivity contribution in [3.8, 4) is 5.75 Å². The Morgan fingerprint density at radius 2 is 1.74 bits per heavy atom. The van der Waals surface area contributed by atoms with E-state index < -0.39 is 0 Å². The minimum absolute atomic E-state index is 0.0589. The van der Waals surface area contributed by atoms with Crippen molar-refractivity contribution in [2.24, 2.45) is 5.10 Å². The number of benzene rings is 2. The van der Waals surface area contributed by atoms with Gasteiger partial charge in [-0.15, -0.1) is 0 Å². The second kappa shape index (κ2) is 7.27. The smallest absolute Gasteiger partial charge is 0.254 e. The summed E-state index contributed by atoms with van der Waals surface area (Å²) in [5, 5.41) is 15.9. The first-order chi connectivity index (χ1) is 13.1. The Morgan fingerprint density at radius 1 is 1.00 bits per heavy atom. The maximum Gasteiger partial charge on any atom is 0.254 e. The lowest BCUT2D eigenvalue weighted by molar-refractivity contribution is 0.0773. The summed E-state index contributed by atoms with van der Waals surface area (Å²) in [6, 6.07) is 14.9. The number of hydrazone groups is 1. The van der Waals surface area contributed by atoms with E-state index in [-0.39, 0.29) is 11.7 Å². The Labute approximate surface area is 159 Å². The van der Waals surface area contributed by atoms with E-state index in [9.17, 15) is 9.90 Å². The van der Waals surface area contributed by atoms with Gasteiger partial charge in [0.25, 0.3) is 5.91 Å². The van der Waals surface area contributed by atoms with Gasteiger partial charge in [-0.3, -0.25) is 9.80 Å². The fourth-order valence-corrected chi connectivity index (χ4v) is 3.51. The highest BCUT2D eigenvalue weighted by Gasteiger charge is 2.20. The largest absolute Gasteiger partial charge is 0.508 e. The Kier molecular flexibility index (Phi) is 4.67. The van der Waals surface area contributed by atoms with E-state index >= 15 is 0 Å². The fourth-order valence-electron chi connectivity index (χ4n) is 3.51. The number of hydrogen-bond donors (Lipinski definition) is 1. The van der Waals surface area contributed by atoms with Crippen molar-refractivity contribution in [3.63, 3.8) is 0 Å². The van der Waals surface area contributed by atoms with Gasteiger partial charge in [0.2, 0.25) is 0 Å². The van der Waals surface area contributed by atoms with Crippen LogP contribution in [0.15, 0.2) is 59.7 Å². The molecule has 5 nitrogen and oxygen atoms in total. The molecule has 0 bridgehead atoms. The molecule has 1 amide bonds. The van der Waals surface area contributed by atoms with Gasteiger partial charge in [-0.05, 0) is 60.9 Å². The number of phenols is 1. The van der Waals surface area contributed by atoms with E-state index in [2.05, 4.69) is 11.2 Å². The standard InChI is InChI=1S/C22H23N3O2/c1-16-10-15-25(23-16)20-6-2-19(3-7-20)22(27)24-13-11-18(12-14-24)17-4-8-21(26)9-5-17/h2-9,11,26H,10,12-15H2,1H3. The number of phenolic OH excluding ortho intramolecular Hbond substituents is 1. The van der Waals surface area contributed by atoms with Crippen molar-refractivity contribution in [1.29, 1.82) is 0 Å². The second-order valence-corrected chi connectivity index (χ2v) is 7.03. The van der Waals surface area contributed by atoms with E-state index in [4.69, 9.17) is 0 Å². The monoisotopic (exact) mass is 361 g/mol. The molecule has 2 aromatic carbocycles. The van der Waals surface area contributed by atoms with Gasteiger partial charge in [0, 0.05) is 37.3 Å². The van der Waals surface area contributed by atoms with E-state index in [1.807, 2.05) is 53.2 Å². The molecule has 4 rings (SSSR count). The highest BCUT2D eigenvalue weighted by Crippen LogP contribution is 2.25. The van der Waals surface area contributed by atoms with Crippen LogP contribution in [0.5, 0.6) is 5.75 Å². The van der Waals surface area contributed by atoms with Crippen LogP contribution in [0.1, 0.15) is 35.7 Å². The lowest BCUT2D eigenvalue weighted by Crippen LogP contribution is -2.34. The highest BCUT2D eigenvalue weighted by atomic mass is 16.3. The molecule has 138 valence electrons. The number of carbonyl (C=O) groups excluding carboxylic acids is 1. The van der Waals surface area contributed by atoms with Crippen LogP contribution in [0.2, 0.25) is 0 Å². The average Bonchev–Trinajstić information content (AvgIpc) is 3.15. The van der Waals surface area contributed by atoms with E-state index in [1.165, 1.54) is 5.57 Å². The molecule has 0 spiro atoms. The van der Waals surface area contributed by atoms with Gasteiger partial charge >= 0.3 is 0 Å².